The molecule has 1 heterocycles. The van der Waals surface area contributed by atoms with Gasteiger partial charge >= 0.3 is 0 Å². The minimum absolute atomic E-state index is 0.0443. The predicted octanol–water partition coefficient (Wildman–Crippen LogP) is 2.20. The van der Waals surface area contributed by atoms with Gasteiger partial charge < -0.3 is 16.0 Å². The summed E-state index contributed by atoms with van der Waals surface area (Å²) in [6.45, 7) is 4.87. The van der Waals surface area contributed by atoms with Gasteiger partial charge in [-0.1, -0.05) is 12.1 Å². The van der Waals surface area contributed by atoms with Crippen LogP contribution in [0.3, 0.4) is 0 Å². The summed E-state index contributed by atoms with van der Waals surface area (Å²) in [4.78, 5) is 14.2. The summed E-state index contributed by atoms with van der Waals surface area (Å²) in [6.07, 6.45) is 3.80. The van der Waals surface area contributed by atoms with E-state index in [1.165, 1.54) is 18.5 Å². The van der Waals surface area contributed by atoms with Crippen LogP contribution in [0.1, 0.15) is 44.2 Å². The van der Waals surface area contributed by atoms with Gasteiger partial charge in [-0.3, -0.25) is 4.79 Å². The average molecular weight is 275 g/mol. The van der Waals surface area contributed by atoms with Gasteiger partial charge in [0.05, 0.1) is 6.04 Å². The molecule has 1 amide bonds. The van der Waals surface area contributed by atoms with Crippen LogP contribution in [0.25, 0.3) is 0 Å². The molecule has 1 fully saturated rings. The lowest BCUT2D eigenvalue weighted by atomic mass is 10.1. The predicted molar refractivity (Wildman–Crippen MR) is 82.7 cm³/mol. The summed E-state index contributed by atoms with van der Waals surface area (Å²) in [6, 6.07) is 8.54. The van der Waals surface area contributed by atoms with Crippen molar-refractivity contribution >= 4 is 11.6 Å². The van der Waals surface area contributed by atoms with Crippen LogP contribution in [-0.2, 0) is 4.79 Å². The first-order valence-corrected chi connectivity index (χ1v) is 7.55. The van der Waals surface area contributed by atoms with Crippen molar-refractivity contribution in [3.8, 4) is 0 Å². The van der Waals surface area contributed by atoms with E-state index in [1.54, 1.807) is 0 Å². The van der Waals surface area contributed by atoms with Crippen molar-refractivity contribution in [2.24, 2.45) is 5.73 Å². The Labute approximate surface area is 121 Å². The van der Waals surface area contributed by atoms with Gasteiger partial charge in [0, 0.05) is 25.2 Å². The monoisotopic (exact) mass is 275 g/mol. The molecule has 3 N–H and O–H groups in total. The van der Waals surface area contributed by atoms with Crippen LogP contribution in [0.5, 0.6) is 0 Å². The van der Waals surface area contributed by atoms with Gasteiger partial charge in [0.15, 0.2) is 0 Å². The molecule has 0 aromatic heterocycles. The van der Waals surface area contributed by atoms with E-state index in [0.717, 1.165) is 25.1 Å². The van der Waals surface area contributed by atoms with Crippen LogP contribution in [0.15, 0.2) is 24.3 Å². The molecule has 0 radical (unpaired) electrons. The van der Waals surface area contributed by atoms with Crippen molar-refractivity contribution in [1.82, 2.24) is 5.32 Å². The van der Waals surface area contributed by atoms with E-state index in [-0.39, 0.29) is 11.9 Å². The molecule has 1 aromatic carbocycles. The topological polar surface area (TPSA) is 58.4 Å². The van der Waals surface area contributed by atoms with E-state index in [2.05, 4.69) is 34.5 Å². The summed E-state index contributed by atoms with van der Waals surface area (Å²) in [5.74, 6) is 0.0783. The smallest absolute Gasteiger partial charge is 0.220 e. The number of rotatable bonds is 6. The van der Waals surface area contributed by atoms with Crippen molar-refractivity contribution in [3.05, 3.63) is 29.8 Å². The fraction of sp³-hybridized carbons (Fsp3) is 0.562. The summed E-state index contributed by atoms with van der Waals surface area (Å²) in [7, 11) is 0. The van der Waals surface area contributed by atoms with Gasteiger partial charge in [0.25, 0.3) is 0 Å². The Bertz CT molecular complexity index is 441. The third-order valence-corrected chi connectivity index (χ3v) is 3.83. The summed E-state index contributed by atoms with van der Waals surface area (Å²) < 4.78 is 0. The number of benzene rings is 1. The van der Waals surface area contributed by atoms with E-state index in [4.69, 9.17) is 5.73 Å². The van der Waals surface area contributed by atoms with Gasteiger partial charge in [-0.2, -0.15) is 0 Å². The van der Waals surface area contributed by atoms with Crippen molar-refractivity contribution < 1.29 is 4.79 Å². The zero-order valence-electron chi connectivity index (χ0n) is 12.3. The van der Waals surface area contributed by atoms with Crippen LogP contribution in [-0.4, -0.2) is 25.5 Å². The van der Waals surface area contributed by atoms with E-state index in [1.807, 2.05) is 6.92 Å². The number of hydrogen-bond donors (Lipinski definition) is 2. The molecule has 1 aliphatic rings. The molecule has 0 spiro atoms. The molecular formula is C16H25N3O. The fourth-order valence-electron chi connectivity index (χ4n) is 2.63. The lowest BCUT2D eigenvalue weighted by Gasteiger charge is -2.20. The zero-order chi connectivity index (χ0) is 14.4. The Morgan fingerprint density at radius 2 is 2.15 bits per heavy atom. The highest BCUT2D eigenvalue weighted by atomic mass is 16.1. The molecule has 0 saturated carbocycles. The lowest BCUT2D eigenvalue weighted by molar-refractivity contribution is -0.121. The van der Waals surface area contributed by atoms with Crippen LogP contribution >= 0.6 is 0 Å². The van der Waals surface area contributed by atoms with Gasteiger partial charge in [0.1, 0.15) is 0 Å². The summed E-state index contributed by atoms with van der Waals surface area (Å²) >= 11 is 0. The minimum Gasteiger partial charge on any atom is -0.372 e. The zero-order valence-corrected chi connectivity index (χ0v) is 12.3. The van der Waals surface area contributed by atoms with E-state index in [9.17, 15) is 4.79 Å². The molecule has 1 unspecified atom stereocenters. The number of anilines is 1. The number of carbonyl (C=O) groups excluding carboxylic acids is 1. The van der Waals surface area contributed by atoms with Crippen molar-refractivity contribution in [2.45, 2.75) is 38.6 Å². The summed E-state index contributed by atoms with van der Waals surface area (Å²) in [5.41, 5.74) is 7.85. The van der Waals surface area contributed by atoms with Crippen LogP contribution in [0.2, 0.25) is 0 Å². The molecule has 1 saturated heterocycles. The lowest BCUT2D eigenvalue weighted by Crippen LogP contribution is -2.27. The average Bonchev–Trinajstić information content (AvgIpc) is 2.99. The van der Waals surface area contributed by atoms with Crippen molar-refractivity contribution in [3.63, 3.8) is 0 Å². The molecule has 110 valence electrons. The number of hydrogen-bond acceptors (Lipinski definition) is 3. The highest BCUT2D eigenvalue weighted by molar-refractivity contribution is 5.76. The van der Waals surface area contributed by atoms with Crippen LogP contribution < -0.4 is 16.0 Å². The normalized spacial score (nSPS) is 16.2. The Morgan fingerprint density at radius 3 is 2.85 bits per heavy atom. The highest BCUT2D eigenvalue weighted by Crippen LogP contribution is 2.23. The Hall–Kier alpha value is -1.55. The molecule has 0 aliphatic carbocycles. The maximum Gasteiger partial charge on any atom is 0.220 e. The molecule has 1 atom stereocenters. The van der Waals surface area contributed by atoms with Crippen LogP contribution in [0, 0.1) is 0 Å². The second-order valence-corrected chi connectivity index (χ2v) is 5.47. The third kappa shape index (κ3) is 3.97. The molecule has 1 aromatic rings. The Morgan fingerprint density at radius 1 is 1.40 bits per heavy atom. The highest BCUT2D eigenvalue weighted by Gasteiger charge is 2.14. The number of nitrogens with two attached hydrogens (primary N) is 1. The number of nitrogens with one attached hydrogen (secondary N) is 1. The standard InChI is InChI=1S/C16H25N3O/c1-13(18-16(20)8-5-9-17)14-6-4-7-15(12-14)19-10-2-3-11-19/h4,6-7,12-13H,2-3,5,8-11,17H2,1H3,(H,18,20). The number of carbonyl (C=O) groups is 1. The molecule has 4 nitrogen and oxygen atoms in total. The van der Waals surface area contributed by atoms with Gasteiger partial charge in [0.2, 0.25) is 5.91 Å². The maximum absolute atomic E-state index is 11.7. The number of nitrogens with zero attached hydrogens (tertiary/aromatic N) is 1. The quantitative estimate of drug-likeness (QED) is 0.837. The van der Waals surface area contributed by atoms with Crippen LogP contribution in [0.4, 0.5) is 5.69 Å². The third-order valence-electron chi connectivity index (χ3n) is 3.83. The van der Waals surface area contributed by atoms with E-state index in [0.29, 0.717) is 13.0 Å². The molecular weight excluding hydrogens is 250 g/mol. The second-order valence-electron chi connectivity index (χ2n) is 5.47. The maximum atomic E-state index is 11.7. The minimum atomic E-state index is 0.0443. The SMILES string of the molecule is CC(NC(=O)CCCN)c1cccc(N2CCCC2)c1. The first kappa shape index (κ1) is 14.9. The second kappa shape index (κ2) is 7.29. The Balaban J connectivity index is 1.97. The van der Waals surface area contributed by atoms with Crippen molar-refractivity contribution in [1.29, 1.82) is 0 Å². The first-order valence-electron chi connectivity index (χ1n) is 7.55. The largest absolute Gasteiger partial charge is 0.372 e. The first-order chi connectivity index (χ1) is 9.70. The molecule has 1 aliphatic heterocycles. The molecule has 0 bridgehead atoms. The van der Waals surface area contributed by atoms with E-state index < -0.39 is 0 Å². The van der Waals surface area contributed by atoms with Gasteiger partial charge in [-0.25, -0.2) is 0 Å². The molecule has 20 heavy (non-hydrogen) atoms. The fourth-order valence-corrected chi connectivity index (χ4v) is 2.63. The molecule has 4 heteroatoms. The van der Waals surface area contributed by atoms with Gasteiger partial charge in [-0.15, -0.1) is 0 Å². The van der Waals surface area contributed by atoms with Crippen molar-refractivity contribution in [2.75, 3.05) is 24.5 Å². The Kier molecular flexibility index (Phi) is 5.41. The van der Waals surface area contributed by atoms with Gasteiger partial charge in [-0.05, 0) is 50.4 Å². The van der Waals surface area contributed by atoms with E-state index >= 15 is 0 Å². The number of amides is 1. The summed E-state index contributed by atoms with van der Waals surface area (Å²) in [5, 5.41) is 3.04. The molecule has 2 rings (SSSR count).